The van der Waals surface area contributed by atoms with E-state index >= 15 is 0 Å². The first kappa shape index (κ1) is 20.6. The van der Waals surface area contributed by atoms with Crippen molar-refractivity contribution >= 4 is 11.9 Å². The summed E-state index contributed by atoms with van der Waals surface area (Å²) in [5.74, 6) is 0.897. The zero-order valence-corrected chi connectivity index (χ0v) is 16.9. The molecule has 1 aromatic carbocycles. The van der Waals surface area contributed by atoms with Crippen molar-refractivity contribution in [3.63, 3.8) is 0 Å². The second-order valence-electron chi connectivity index (χ2n) is 7.47. The van der Waals surface area contributed by atoms with Crippen LogP contribution < -0.4 is 5.32 Å². The molecule has 2 saturated heterocycles. The first-order chi connectivity index (χ1) is 13.6. The van der Waals surface area contributed by atoms with Crippen LogP contribution in [0.3, 0.4) is 0 Å². The van der Waals surface area contributed by atoms with Crippen molar-refractivity contribution in [3.05, 3.63) is 35.6 Å². The van der Waals surface area contributed by atoms with Gasteiger partial charge in [-0.25, -0.2) is 4.39 Å². The number of hydrogen-bond donors (Lipinski definition) is 1. The summed E-state index contributed by atoms with van der Waals surface area (Å²) in [5.41, 5.74) is 0.973. The SMILES string of the molecule is CCNC(=NCCCN1CCCC1=O)N1CC(C)OC(c2ccc(F)cc2)C1. The highest BCUT2D eigenvalue weighted by atomic mass is 19.1. The van der Waals surface area contributed by atoms with E-state index in [0.717, 1.165) is 50.5 Å². The topological polar surface area (TPSA) is 57.2 Å². The van der Waals surface area contributed by atoms with E-state index in [1.54, 1.807) is 12.1 Å². The van der Waals surface area contributed by atoms with Crippen molar-refractivity contribution in [2.24, 2.45) is 4.99 Å². The monoisotopic (exact) mass is 390 g/mol. The number of guanidine groups is 1. The first-order valence-electron chi connectivity index (χ1n) is 10.3. The number of nitrogens with zero attached hydrogens (tertiary/aromatic N) is 3. The van der Waals surface area contributed by atoms with Gasteiger partial charge in [-0.3, -0.25) is 9.79 Å². The number of halogens is 1. The summed E-state index contributed by atoms with van der Waals surface area (Å²) in [4.78, 5) is 20.6. The van der Waals surface area contributed by atoms with E-state index < -0.39 is 0 Å². The van der Waals surface area contributed by atoms with Crippen LogP contribution in [0, 0.1) is 5.82 Å². The van der Waals surface area contributed by atoms with Crippen LogP contribution in [0.4, 0.5) is 4.39 Å². The second-order valence-corrected chi connectivity index (χ2v) is 7.47. The lowest BCUT2D eigenvalue weighted by Crippen LogP contribution is -2.50. The van der Waals surface area contributed by atoms with Gasteiger partial charge >= 0.3 is 0 Å². The van der Waals surface area contributed by atoms with Crippen LogP contribution in [0.5, 0.6) is 0 Å². The summed E-state index contributed by atoms with van der Waals surface area (Å²) in [6.07, 6.45) is 2.45. The zero-order valence-electron chi connectivity index (χ0n) is 16.9. The molecule has 6 nitrogen and oxygen atoms in total. The predicted octanol–water partition coefficient (Wildman–Crippen LogP) is 2.57. The summed E-state index contributed by atoms with van der Waals surface area (Å²) in [5, 5.41) is 3.37. The van der Waals surface area contributed by atoms with Crippen molar-refractivity contribution in [2.45, 2.75) is 45.3 Å². The predicted molar refractivity (Wildman–Crippen MR) is 108 cm³/mol. The number of likely N-dealkylation sites (tertiary alicyclic amines) is 1. The number of morpholine rings is 1. The Morgan fingerprint density at radius 3 is 2.79 bits per heavy atom. The van der Waals surface area contributed by atoms with E-state index in [9.17, 15) is 9.18 Å². The van der Waals surface area contributed by atoms with E-state index in [1.165, 1.54) is 12.1 Å². The number of rotatable bonds is 6. The van der Waals surface area contributed by atoms with Gasteiger partial charge in [0.25, 0.3) is 0 Å². The number of benzene rings is 1. The molecule has 2 aliphatic heterocycles. The third-order valence-corrected chi connectivity index (χ3v) is 5.16. The van der Waals surface area contributed by atoms with Crippen LogP contribution in [0.25, 0.3) is 0 Å². The molecular formula is C21H31FN4O2. The molecule has 7 heteroatoms. The molecule has 0 spiro atoms. The number of aliphatic imine (C=N–C) groups is 1. The van der Waals surface area contributed by atoms with Crippen LogP contribution in [0.15, 0.2) is 29.3 Å². The molecule has 2 heterocycles. The quantitative estimate of drug-likeness (QED) is 0.461. The highest BCUT2D eigenvalue weighted by Gasteiger charge is 2.28. The second kappa shape index (κ2) is 9.87. The number of carbonyl (C=O) groups is 1. The number of amides is 1. The van der Waals surface area contributed by atoms with Crippen molar-refractivity contribution in [3.8, 4) is 0 Å². The summed E-state index contributed by atoms with van der Waals surface area (Å²) < 4.78 is 19.3. The van der Waals surface area contributed by atoms with Crippen LogP contribution >= 0.6 is 0 Å². The molecule has 1 aromatic rings. The fourth-order valence-electron chi connectivity index (χ4n) is 3.80. The molecule has 28 heavy (non-hydrogen) atoms. The van der Waals surface area contributed by atoms with Crippen LogP contribution in [-0.4, -0.2) is 67.0 Å². The normalized spacial score (nSPS) is 23.4. The molecular weight excluding hydrogens is 359 g/mol. The molecule has 0 radical (unpaired) electrons. The molecule has 0 bridgehead atoms. The van der Waals surface area contributed by atoms with Gasteiger partial charge in [0.2, 0.25) is 5.91 Å². The lowest BCUT2D eigenvalue weighted by atomic mass is 10.1. The summed E-state index contributed by atoms with van der Waals surface area (Å²) in [6, 6.07) is 6.52. The van der Waals surface area contributed by atoms with E-state index in [-0.39, 0.29) is 23.9 Å². The van der Waals surface area contributed by atoms with Crippen molar-refractivity contribution in [1.29, 1.82) is 0 Å². The lowest BCUT2D eigenvalue weighted by Gasteiger charge is -2.38. The fraction of sp³-hybridized carbons (Fsp3) is 0.619. The van der Waals surface area contributed by atoms with Gasteiger partial charge in [-0.05, 0) is 44.4 Å². The van der Waals surface area contributed by atoms with E-state index in [1.807, 2.05) is 11.8 Å². The number of nitrogens with one attached hydrogen (secondary N) is 1. The molecule has 1 amide bonds. The Hall–Kier alpha value is -2.15. The molecule has 2 aliphatic rings. The minimum Gasteiger partial charge on any atom is -0.367 e. The first-order valence-corrected chi connectivity index (χ1v) is 10.3. The Bertz CT molecular complexity index is 679. The van der Waals surface area contributed by atoms with Gasteiger partial charge < -0.3 is 19.9 Å². The van der Waals surface area contributed by atoms with Crippen LogP contribution in [-0.2, 0) is 9.53 Å². The van der Waals surface area contributed by atoms with E-state index in [4.69, 9.17) is 9.73 Å². The molecule has 0 aliphatic carbocycles. The fourth-order valence-corrected chi connectivity index (χ4v) is 3.80. The standard InChI is InChI=1S/C21H31FN4O2/c1-3-23-21(24-11-5-13-25-12-4-6-20(25)27)26-14-16(2)28-19(15-26)17-7-9-18(22)10-8-17/h7-10,16,19H,3-6,11-15H2,1-2H3,(H,23,24). The average Bonchev–Trinajstić information content (AvgIpc) is 3.09. The molecule has 2 fully saturated rings. The van der Waals surface area contributed by atoms with Gasteiger partial charge in [0.1, 0.15) is 11.9 Å². The van der Waals surface area contributed by atoms with Gasteiger partial charge in [-0.2, -0.15) is 0 Å². The minimum absolute atomic E-state index is 0.0508. The zero-order chi connectivity index (χ0) is 19.9. The third kappa shape index (κ3) is 5.44. The van der Waals surface area contributed by atoms with Crippen molar-refractivity contribution < 1.29 is 13.9 Å². The maximum atomic E-state index is 13.2. The van der Waals surface area contributed by atoms with E-state index in [0.29, 0.717) is 19.5 Å². The highest BCUT2D eigenvalue weighted by molar-refractivity contribution is 5.80. The van der Waals surface area contributed by atoms with Crippen molar-refractivity contribution in [2.75, 3.05) is 39.3 Å². The maximum Gasteiger partial charge on any atom is 0.222 e. The Balaban J connectivity index is 1.60. The minimum atomic E-state index is -0.240. The largest absolute Gasteiger partial charge is 0.367 e. The van der Waals surface area contributed by atoms with Crippen LogP contribution in [0.1, 0.15) is 44.8 Å². The summed E-state index contributed by atoms with van der Waals surface area (Å²) >= 11 is 0. The van der Waals surface area contributed by atoms with Gasteiger partial charge in [0.05, 0.1) is 12.6 Å². The van der Waals surface area contributed by atoms with Gasteiger partial charge in [0, 0.05) is 39.1 Å². The lowest BCUT2D eigenvalue weighted by molar-refractivity contribution is -0.127. The molecule has 3 rings (SSSR count). The Morgan fingerprint density at radius 2 is 2.11 bits per heavy atom. The van der Waals surface area contributed by atoms with Crippen molar-refractivity contribution in [1.82, 2.24) is 15.1 Å². The number of ether oxygens (including phenoxy) is 1. The van der Waals surface area contributed by atoms with Crippen LogP contribution in [0.2, 0.25) is 0 Å². The van der Waals surface area contributed by atoms with Gasteiger partial charge in [-0.1, -0.05) is 12.1 Å². The molecule has 2 atom stereocenters. The maximum absolute atomic E-state index is 13.2. The molecule has 0 saturated carbocycles. The van der Waals surface area contributed by atoms with Gasteiger partial charge in [-0.15, -0.1) is 0 Å². The average molecular weight is 391 g/mol. The third-order valence-electron chi connectivity index (χ3n) is 5.16. The Morgan fingerprint density at radius 1 is 1.32 bits per heavy atom. The molecule has 154 valence electrons. The number of hydrogen-bond acceptors (Lipinski definition) is 3. The van der Waals surface area contributed by atoms with E-state index in [2.05, 4.69) is 17.1 Å². The van der Waals surface area contributed by atoms with Gasteiger partial charge in [0.15, 0.2) is 5.96 Å². The molecule has 1 N–H and O–H groups in total. The Kier molecular flexibility index (Phi) is 7.25. The summed E-state index contributed by atoms with van der Waals surface area (Å²) in [7, 11) is 0. The number of carbonyl (C=O) groups excluding carboxylic acids is 1. The Labute approximate surface area is 166 Å². The smallest absolute Gasteiger partial charge is 0.222 e. The summed E-state index contributed by atoms with van der Waals surface area (Å²) in [6.45, 7) is 8.66. The molecule has 2 unspecified atom stereocenters. The molecule has 0 aromatic heterocycles. The highest BCUT2D eigenvalue weighted by Crippen LogP contribution is 2.25.